The quantitative estimate of drug-likeness (QED) is 0.180. The van der Waals surface area contributed by atoms with Crippen molar-refractivity contribution in [3.8, 4) is 0 Å². The van der Waals surface area contributed by atoms with Crippen LogP contribution in [-0.2, 0) is 24.0 Å². The van der Waals surface area contributed by atoms with Gasteiger partial charge in [0.15, 0.2) is 0 Å². The molecule has 0 heterocycles. The third-order valence-corrected chi connectivity index (χ3v) is 4.16. The van der Waals surface area contributed by atoms with Crippen LogP contribution in [0.5, 0.6) is 0 Å². The van der Waals surface area contributed by atoms with Crippen molar-refractivity contribution in [2.45, 2.75) is 44.8 Å². The van der Waals surface area contributed by atoms with Crippen LogP contribution in [0.15, 0.2) is 0 Å². The minimum Gasteiger partial charge on any atom is -0.481 e. The molecule has 0 aromatic heterocycles. The summed E-state index contributed by atoms with van der Waals surface area (Å²) in [5, 5.41) is 24.6. The van der Waals surface area contributed by atoms with Crippen LogP contribution in [0.1, 0.15) is 26.7 Å². The molecule has 0 aromatic carbocycles. The van der Waals surface area contributed by atoms with Crippen molar-refractivity contribution in [3.05, 3.63) is 0 Å². The first-order valence-corrected chi connectivity index (χ1v) is 8.85. The second-order valence-electron chi connectivity index (χ2n) is 5.93. The van der Waals surface area contributed by atoms with E-state index in [-0.39, 0.29) is 11.7 Å². The zero-order valence-electron chi connectivity index (χ0n) is 15.1. The number of carbonyl (C=O) groups is 5. The molecule has 3 amide bonds. The molecule has 0 aliphatic rings. The monoisotopic (exact) mass is 406 g/mol. The van der Waals surface area contributed by atoms with E-state index >= 15 is 0 Å². The van der Waals surface area contributed by atoms with Crippen molar-refractivity contribution in [1.82, 2.24) is 16.0 Å². The third kappa shape index (κ3) is 9.24. The fourth-order valence-electron chi connectivity index (χ4n) is 1.94. The predicted octanol–water partition coefficient (Wildman–Crippen LogP) is -2.07. The molecule has 27 heavy (non-hydrogen) atoms. The molecule has 7 N–H and O–H groups in total. The first-order valence-electron chi connectivity index (χ1n) is 8.21. The lowest BCUT2D eigenvalue weighted by Gasteiger charge is -2.21. The number of nitrogens with two attached hydrogens (primary N) is 1. The van der Waals surface area contributed by atoms with Crippen molar-refractivity contribution in [2.24, 2.45) is 11.7 Å². The van der Waals surface area contributed by atoms with E-state index in [4.69, 9.17) is 15.9 Å². The Labute approximate surface area is 161 Å². The zero-order valence-corrected chi connectivity index (χ0v) is 16.0. The van der Waals surface area contributed by atoms with Crippen molar-refractivity contribution >= 4 is 42.3 Å². The molecular formula is C15H26N4O7S. The molecule has 154 valence electrons. The molecule has 0 saturated heterocycles. The number of carboxylic acid groups (broad SMARTS) is 2. The normalized spacial score (nSPS) is 15.0. The maximum absolute atomic E-state index is 12.1. The van der Waals surface area contributed by atoms with Gasteiger partial charge in [-0.25, -0.2) is 4.79 Å². The summed E-state index contributed by atoms with van der Waals surface area (Å²) in [5.41, 5.74) is 5.46. The van der Waals surface area contributed by atoms with Crippen molar-refractivity contribution in [1.29, 1.82) is 0 Å². The highest BCUT2D eigenvalue weighted by Gasteiger charge is 2.28. The number of hydrogen-bond acceptors (Lipinski definition) is 7. The standard InChI is InChI=1S/C15H26N4O7S/c1-3-7(2)12(15(25)26)19-10(20)5-17-14(24)9(4-11(21)22)18-13(23)8(16)6-27/h7-9,12,27H,3-6,16H2,1-2H3,(H,17,24)(H,18,23)(H,19,20)(H,21,22)(H,25,26). The molecule has 0 rings (SSSR count). The summed E-state index contributed by atoms with van der Waals surface area (Å²) in [6, 6.07) is -3.60. The average Bonchev–Trinajstić information content (AvgIpc) is 2.61. The summed E-state index contributed by atoms with van der Waals surface area (Å²) in [6.45, 7) is 2.84. The van der Waals surface area contributed by atoms with E-state index < -0.39 is 60.8 Å². The van der Waals surface area contributed by atoms with Gasteiger partial charge in [0.2, 0.25) is 17.7 Å². The summed E-state index contributed by atoms with van der Waals surface area (Å²) >= 11 is 3.84. The minimum absolute atomic E-state index is 0.0121. The largest absolute Gasteiger partial charge is 0.481 e. The first-order chi connectivity index (χ1) is 12.5. The number of carbonyl (C=O) groups excluding carboxylic acids is 3. The van der Waals surface area contributed by atoms with Gasteiger partial charge in [-0.3, -0.25) is 19.2 Å². The van der Waals surface area contributed by atoms with E-state index in [1.165, 1.54) is 0 Å². The zero-order chi connectivity index (χ0) is 21.1. The van der Waals surface area contributed by atoms with Gasteiger partial charge in [0, 0.05) is 5.75 Å². The molecule has 0 aliphatic carbocycles. The SMILES string of the molecule is CCC(C)C(NC(=O)CNC(=O)C(CC(=O)O)NC(=O)C(N)CS)C(=O)O. The Morgan fingerprint density at radius 1 is 1.07 bits per heavy atom. The van der Waals surface area contributed by atoms with Crippen LogP contribution >= 0.6 is 12.6 Å². The summed E-state index contributed by atoms with van der Waals surface area (Å²) < 4.78 is 0. The maximum Gasteiger partial charge on any atom is 0.326 e. The van der Waals surface area contributed by atoms with Gasteiger partial charge in [-0.1, -0.05) is 20.3 Å². The van der Waals surface area contributed by atoms with Crippen LogP contribution in [0.4, 0.5) is 0 Å². The number of hydrogen-bond donors (Lipinski definition) is 7. The molecule has 0 fully saturated rings. The van der Waals surface area contributed by atoms with Crippen molar-refractivity contribution < 1.29 is 34.2 Å². The fraction of sp³-hybridized carbons (Fsp3) is 0.667. The Hall–Kier alpha value is -2.34. The van der Waals surface area contributed by atoms with Crippen LogP contribution in [0.3, 0.4) is 0 Å². The molecule has 4 unspecified atom stereocenters. The van der Waals surface area contributed by atoms with Gasteiger partial charge in [-0.15, -0.1) is 0 Å². The Balaban J connectivity index is 4.83. The topological polar surface area (TPSA) is 188 Å². The van der Waals surface area contributed by atoms with Crippen LogP contribution in [-0.4, -0.2) is 70.3 Å². The third-order valence-electron chi connectivity index (χ3n) is 3.76. The van der Waals surface area contributed by atoms with Crippen LogP contribution in [0.2, 0.25) is 0 Å². The first kappa shape index (κ1) is 24.7. The number of rotatable bonds is 12. The van der Waals surface area contributed by atoms with E-state index in [0.29, 0.717) is 6.42 Å². The maximum atomic E-state index is 12.1. The van der Waals surface area contributed by atoms with Gasteiger partial charge >= 0.3 is 11.9 Å². The van der Waals surface area contributed by atoms with Crippen molar-refractivity contribution in [3.63, 3.8) is 0 Å². The van der Waals surface area contributed by atoms with E-state index in [1.807, 2.05) is 0 Å². The second-order valence-corrected chi connectivity index (χ2v) is 6.30. The molecular weight excluding hydrogens is 380 g/mol. The highest BCUT2D eigenvalue weighted by molar-refractivity contribution is 7.80. The molecule has 0 aromatic rings. The summed E-state index contributed by atoms with van der Waals surface area (Å²) in [7, 11) is 0. The number of carboxylic acids is 2. The Morgan fingerprint density at radius 3 is 2.11 bits per heavy atom. The minimum atomic E-state index is -1.45. The van der Waals surface area contributed by atoms with Gasteiger partial charge < -0.3 is 31.9 Å². The highest BCUT2D eigenvalue weighted by atomic mass is 32.1. The van der Waals surface area contributed by atoms with Gasteiger partial charge in [-0.05, 0) is 5.92 Å². The molecule has 0 aliphatic heterocycles. The number of thiol groups is 1. The highest BCUT2D eigenvalue weighted by Crippen LogP contribution is 2.07. The lowest BCUT2D eigenvalue weighted by molar-refractivity contribution is -0.143. The van der Waals surface area contributed by atoms with Crippen LogP contribution in [0.25, 0.3) is 0 Å². The molecule has 0 radical (unpaired) electrons. The summed E-state index contributed by atoms with van der Waals surface area (Å²) in [5.74, 6) is -5.33. The van der Waals surface area contributed by atoms with E-state index in [2.05, 4.69) is 28.6 Å². The molecule has 12 heteroatoms. The fourth-order valence-corrected chi connectivity index (χ4v) is 2.11. The second kappa shape index (κ2) is 12.1. The van der Waals surface area contributed by atoms with E-state index in [1.54, 1.807) is 13.8 Å². The van der Waals surface area contributed by atoms with E-state index in [9.17, 15) is 24.0 Å². The van der Waals surface area contributed by atoms with Gasteiger partial charge in [-0.2, -0.15) is 12.6 Å². The Morgan fingerprint density at radius 2 is 1.67 bits per heavy atom. The molecule has 0 bridgehead atoms. The molecule has 11 nitrogen and oxygen atoms in total. The van der Waals surface area contributed by atoms with Gasteiger partial charge in [0.05, 0.1) is 19.0 Å². The average molecular weight is 406 g/mol. The van der Waals surface area contributed by atoms with Crippen LogP contribution < -0.4 is 21.7 Å². The Bertz CT molecular complexity index is 572. The molecule has 4 atom stereocenters. The number of nitrogens with one attached hydrogen (secondary N) is 3. The summed E-state index contributed by atoms with van der Waals surface area (Å²) in [4.78, 5) is 57.8. The van der Waals surface area contributed by atoms with Crippen molar-refractivity contribution in [2.75, 3.05) is 12.3 Å². The van der Waals surface area contributed by atoms with Crippen LogP contribution in [0, 0.1) is 5.92 Å². The number of aliphatic carboxylic acids is 2. The summed E-state index contributed by atoms with van der Waals surface area (Å²) in [6.07, 6.45) is -0.204. The lowest BCUT2D eigenvalue weighted by Crippen LogP contribution is -2.54. The van der Waals surface area contributed by atoms with Gasteiger partial charge in [0.25, 0.3) is 0 Å². The van der Waals surface area contributed by atoms with E-state index in [0.717, 1.165) is 0 Å². The predicted molar refractivity (Wildman–Crippen MR) is 98.0 cm³/mol. The Kier molecular flexibility index (Phi) is 11.1. The molecule has 0 saturated carbocycles. The smallest absolute Gasteiger partial charge is 0.326 e. The number of amides is 3. The lowest BCUT2D eigenvalue weighted by atomic mass is 9.99. The molecule has 0 spiro atoms. The van der Waals surface area contributed by atoms with Gasteiger partial charge in [0.1, 0.15) is 12.1 Å².